The van der Waals surface area contributed by atoms with Crippen molar-refractivity contribution >= 4 is 23.4 Å². The Hall–Kier alpha value is -1.07. The highest BCUT2D eigenvalue weighted by molar-refractivity contribution is 6.33. The number of rotatable bonds is 2. The van der Waals surface area contributed by atoms with E-state index in [-0.39, 0.29) is 0 Å². The fourth-order valence-corrected chi connectivity index (χ4v) is 2.56. The van der Waals surface area contributed by atoms with Crippen molar-refractivity contribution in [1.82, 2.24) is 14.9 Å². The molecule has 1 atom stereocenters. The van der Waals surface area contributed by atoms with Crippen LogP contribution in [0.15, 0.2) is 0 Å². The molecule has 1 aromatic heterocycles. The highest BCUT2D eigenvalue weighted by atomic mass is 35.5. The minimum absolute atomic E-state index is 0.291. The molecule has 0 aliphatic carbocycles. The number of likely N-dealkylation sites (N-methyl/N-ethyl adjacent to an activating group) is 1. The largest absolute Gasteiger partial charge is 0.368 e. The number of hydrogen-bond acceptors (Lipinski definition) is 5. The van der Waals surface area contributed by atoms with Gasteiger partial charge in [-0.15, -0.1) is 0 Å². The summed E-state index contributed by atoms with van der Waals surface area (Å²) in [4.78, 5) is 13.0. The Morgan fingerprint density at radius 3 is 2.78 bits per heavy atom. The molecule has 1 saturated heterocycles. The number of hydrogen-bond donors (Lipinski definition) is 1. The van der Waals surface area contributed by atoms with Crippen molar-refractivity contribution in [2.24, 2.45) is 0 Å². The van der Waals surface area contributed by atoms with Gasteiger partial charge in [-0.3, -0.25) is 4.90 Å². The summed E-state index contributed by atoms with van der Waals surface area (Å²) < 4.78 is 0. The van der Waals surface area contributed by atoms with Crippen molar-refractivity contribution in [1.29, 1.82) is 0 Å². The average Bonchev–Trinajstić information content (AvgIpc) is 2.34. The van der Waals surface area contributed by atoms with E-state index in [1.165, 1.54) is 0 Å². The normalized spacial score (nSPS) is 21.3. The fourth-order valence-electron chi connectivity index (χ4n) is 2.35. The van der Waals surface area contributed by atoms with Gasteiger partial charge in [0.1, 0.15) is 5.02 Å². The maximum atomic E-state index is 6.29. The smallest absolute Gasteiger partial charge is 0.222 e. The third kappa shape index (κ3) is 2.52. The zero-order chi connectivity index (χ0) is 13.3. The van der Waals surface area contributed by atoms with Crippen molar-refractivity contribution in [2.75, 3.05) is 37.3 Å². The second kappa shape index (κ2) is 5.28. The van der Waals surface area contributed by atoms with Gasteiger partial charge in [0, 0.05) is 25.7 Å². The molecule has 100 valence electrons. The van der Waals surface area contributed by atoms with Crippen LogP contribution in [0.3, 0.4) is 0 Å². The summed E-state index contributed by atoms with van der Waals surface area (Å²) in [7, 11) is 2.16. The van der Waals surface area contributed by atoms with Crippen molar-refractivity contribution in [3.63, 3.8) is 0 Å². The SMILES string of the molecule is CCC1CN(c2nc(N)nc(C)c2Cl)CCN1C. The number of anilines is 2. The van der Waals surface area contributed by atoms with Crippen LogP contribution in [-0.2, 0) is 0 Å². The van der Waals surface area contributed by atoms with Crippen molar-refractivity contribution in [3.05, 3.63) is 10.7 Å². The van der Waals surface area contributed by atoms with E-state index in [4.69, 9.17) is 17.3 Å². The summed E-state index contributed by atoms with van der Waals surface area (Å²) in [6, 6.07) is 0.534. The monoisotopic (exact) mass is 269 g/mol. The van der Waals surface area contributed by atoms with Gasteiger partial charge >= 0.3 is 0 Å². The lowest BCUT2D eigenvalue weighted by atomic mass is 10.1. The third-order valence-corrected chi connectivity index (χ3v) is 4.01. The highest BCUT2D eigenvalue weighted by Crippen LogP contribution is 2.28. The maximum absolute atomic E-state index is 6.29. The molecule has 1 aliphatic rings. The third-order valence-electron chi connectivity index (χ3n) is 3.56. The molecular weight excluding hydrogens is 250 g/mol. The summed E-state index contributed by atoms with van der Waals surface area (Å²) in [5.41, 5.74) is 6.45. The molecule has 18 heavy (non-hydrogen) atoms. The van der Waals surface area contributed by atoms with E-state index < -0.39 is 0 Å². The Bertz CT molecular complexity index is 437. The topological polar surface area (TPSA) is 58.3 Å². The van der Waals surface area contributed by atoms with Gasteiger partial charge < -0.3 is 10.6 Å². The summed E-state index contributed by atoms with van der Waals surface area (Å²) in [5.74, 6) is 1.06. The molecule has 0 saturated carbocycles. The molecule has 1 fully saturated rings. The van der Waals surface area contributed by atoms with Gasteiger partial charge in [-0.25, -0.2) is 4.98 Å². The molecule has 0 radical (unpaired) electrons. The van der Waals surface area contributed by atoms with E-state index >= 15 is 0 Å². The first-order valence-electron chi connectivity index (χ1n) is 6.27. The van der Waals surface area contributed by atoms with Crippen LogP contribution >= 0.6 is 11.6 Å². The van der Waals surface area contributed by atoms with Gasteiger partial charge in [0.15, 0.2) is 5.82 Å². The van der Waals surface area contributed by atoms with Crippen LogP contribution in [0, 0.1) is 6.92 Å². The predicted molar refractivity (Wildman–Crippen MR) is 75.1 cm³/mol. The molecule has 2 heterocycles. The Labute approximate surface area is 113 Å². The number of aromatic nitrogens is 2. The van der Waals surface area contributed by atoms with Crippen LogP contribution in [-0.4, -0.2) is 47.6 Å². The van der Waals surface area contributed by atoms with Crippen molar-refractivity contribution in [2.45, 2.75) is 26.3 Å². The van der Waals surface area contributed by atoms with E-state index in [1.807, 2.05) is 6.92 Å². The zero-order valence-corrected chi connectivity index (χ0v) is 11.9. The summed E-state index contributed by atoms with van der Waals surface area (Å²) in [6.07, 6.45) is 1.12. The second-order valence-electron chi connectivity index (χ2n) is 4.79. The average molecular weight is 270 g/mol. The summed E-state index contributed by atoms with van der Waals surface area (Å²) in [6.45, 7) is 6.92. The van der Waals surface area contributed by atoms with Gasteiger partial charge in [0.25, 0.3) is 0 Å². The molecule has 2 rings (SSSR count). The number of nitrogen functional groups attached to an aromatic ring is 1. The minimum Gasteiger partial charge on any atom is -0.368 e. The lowest BCUT2D eigenvalue weighted by Gasteiger charge is -2.40. The first-order valence-corrected chi connectivity index (χ1v) is 6.65. The zero-order valence-electron chi connectivity index (χ0n) is 11.1. The van der Waals surface area contributed by atoms with Crippen LogP contribution in [0.25, 0.3) is 0 Å². The number of nitrogens with two attached hydrogens (primary N) is 1. The molecular formula is C12H20ClN5. The Balaban J connectivity index is 2.27. The van der Waals surface area contributed by atoms with Gasteiger partial charge in [-0.2, -0.15) is 4.98 Å². The molecule has 0 bridgehead atoms. The molecule has 2 N–H and O–H groups in total. The van der Waals surface area contributed by atoms with Crippen molar-refractivity contribution in [3.8, 4) is 0 Å². The maximum Gasteiger partial charge on any atom is 0.222 e. The lowest BCUT2D eigenvalue weighted by Crippen LogP contribution is -2.51. The first kappa shape index (κ1) is 13.4. The fraction of sp³-hybridized carbons (Fsp3) is 0.667. The molecule has 5 nitrogen and oxygen atoms in total. The number of halogens is 1. The van der Waals surface area contributed by atoms with E-state index in [2.05, 4.69) is 33.7 Å². The Morgan fingerprint density at radius 1 is 1.39 bits per heavy atom. The minimum atomic E-state index is 0.291. The van der Waals surface area contributed by atoms with Gasteiger partial charge in [0.2, 0.25) is 5.95 Å². The molecule has 0 amide bonds. The van der Waals surface area contributed by atoms with Crippen LogP contribution in [0.1, 0.15) is 19.0 Å². The number of aryl methyl sites for hydroxylation is 1. The highest BCUT2D eigenvalue weighted by Gasteiger charge is 2.25. The molecule has 0 spiro atoms. The standard InChI is InChI=1S/C12H20ClN5/c1-4-9-7-18(6-5-17(9)3)11-10(13)8(2)15-12(14)16-11/h9H,4-7H2,1-3H3,(H2,14,15,16). The lowest BCUT2D eigenvalue weighted by molar-refractivity contribution is 0.213. The van der Waals surface area contributed by atoms with Gasteiger partial charge in [-0.1, -0.05) is 18.5 Å². The predicted octanol–water partition coefficient (Wildman–Crippen LogP) is 1.55. The van der Waals surface area contributed by atoms with E-state index in [1.54, 1.807) is 0 Å². The van der Waals surface area contributed by atoms with Crippen molar-refractivity contribution < 1.29 is 0 Å². The molecule has 1 aromatic rings. The molecule has 0 aromatic carbocycles. The molecule has 1 aliphatic heterocycles. The van der Waals surface area contributed by atoms with E-state index in [9.17, 15) is 0 Å². The quantitative estimate of drug-likeness (QED) is 0.883. The summed E-state index contributed by atoms with van der Waals surface area (Å²) >= 11 is 6.29. The molecule has 1 unspecified atom stereocenters. The number of piperazine rings is 1. The van der Waals surface area contributed by atoms with Crippen LogP contribution in [0.4, 0.5) is 11.8 Å². The summed E-state index contributed by atoms with van der Waals surface area (Å²) in [5, 5.41) is 0.614. The Kier molecular flexibility index (Phi) is 3.92. The first-order chi connectivity index (χ1) is 8.52. The Morgan fingerprint density at radius 2 is 2.11 bits per heavy atom. The second-order valence-corrected chi connectivity index (χ2v) is 5.17. The van der Waals surface area contributed by atoms with Crippen LogP contribution in [0.2, 0.25) is 5.02 Å². The van der Waals surface area contributed by atoms with Gasteiger partial charge in [0.05, 0.1) is 5.69 Å². The van der Waals surface area contributed by atoms with Crippen LogP contribution in [0.5, 0.6) is 0 Å². The van der Waals surface area contributed by atoms with Crippen LogP contribution < -0.4 is 10.6 Å². The van der Waals surface area contributed by atoms with Gasteiger partial charge in [-0.05, 0) is 20.4 Å². The van der Waals surface area contributed by atoms with E-state index in [0.717, 1.165) is 37.6 Å². The van der Waals surface area contributed by atoms with E-state index in [0.29, 0.717) is 17.0 Å². The number of nitrogens with zero attached hydrogens (tertiary/aromatic N) is 4. The molecule has 6 heteroatoms.